The van der Waals surface area contributed by atoms with Crippen molar-refractivity contribution in [2.75, 3.05) is 18.5 Å². The Balaban J connectivity index is 1.82. The number of benzene rings is 2. The molecule has 0 aliphatic heterocycles. The van der Waals surface area contributed by atoms with Gasteiger partial charge in [-0.15, -0.1) is 0 Å². The van der Waals surface area contributed by atoms with Crippen molar-refractivity contribution in [3.63, 3.8) is 0 Å². The van der Waals surface area contributed by atoms with Crippen LogP contribution < -0.4 is 10.1 Å². The number of anilines is 1. The summed E-state index contributed by atoms with van der Waals surface area (Å²) in [5.41, 5.74) is 2.75. The lowest BCUT2D eigenvalue weighted by molar-refractivity contribution is 0.0698. The number of carboxylic acid groups (broad SMARTS) is 1. The molecule has 0 spiro atoms. The number of carboxylic acids is 1. The number of halogens is 2. The quantitative estimate of drug-likeness (QED) is 0.585. The highest BCUT2D eigenvalue weighted by atomic mass is 35.5. The van der Waals surface area contributed by atoms with E-state index in [9.17, 15) is 9.90 Å². The Bertz CT molecular complexity index is 763. The Kier molecular flexibility index (Phi) is 6.97. The van der Waals surface area contributed by atoms with Gasteiger partial charge < -0.3 is 15.2 Å². The van der Waals surface area contributed by atoms with Crippen LogP contribution in [0.25, 0.3) is 0 Å². The maximum absolute atomic E-state index is 11.3. The van der Waals surface area contributed by atoms with Crippen LogP contribution in [0.1, 0.15) is 34.3 Å². The van der Waals surface area contributed by atoms with Crippen LogP contribution >= 0.6 is 23.2 Å². The van der Waals surface area contributed by atoms with E-state index in [0.29, 0.717) is 28.9 Å². The fourth-order valence-electron chi connectivity index (χ4n) is 2.41. The van der Waals surface area contributed by atoms with Crippen molar-refractivity contribution in [3.8, 4) is 5.75 Å². The summed E-state index contributed by atoms with van der Waals surface area (Å²) in [5, 5.41) is 12.9. The van der Waals surface area contributed by atoms with Crippen LogP contribution in [0.5, 0.6) is 5.75 Å². The van der Waals surface area contributed by atoms with Crippen molar-refractivity contribution in [1.82, 2.24) is 0 Å². The minimum Gasteiger partial charge on any atom is -0.493 e. The number of aryl methyl sites for hydroxylation is 2. The fraction of sp³-hybridized carbons (Fsp3) is 0.316. The Hall–Kier alpha value is -1.91. The fourth-order valence-corrected chi connectivity index (χ4v) is 2.97. The molecule has 0 aliphatic carbocycles. The molecule has 4 nitrogen and oxygen atoms in total. The molecule has 0 heterocycles. The average molecular weight is 382 g/mol. The Morgan fingerprint density at radius 2 is 1.92 bits per heavy atom. The Morgan fingerprint density at radius 1 is 1.16 bits per heavy atom. The number of hydrogen-bond acceptors (Lipinski definition) is 3. The van der Waals surface area contributed by atoms with Gasteiger partial charge >= 0.3 is 5.97 Å². The summed E-state index contributed by atoms with van der Waals surface area (Å²) in [6.07, 6.45) is 1.66. The average Bonchev–Trinajstić information content (AvgIpc) is 2.54. The summed E-state index contributed by atoms with van der Waals surface area (Å²) >= 11 is 12.0. The molecule has 0 bridgehead atoms. The van der Waals surface area contributed by atoms with Gasteiger partial charge in [-0.3, -0.25) is 0 Å². The zero-order valence-electron chi connectivity index (χ0n) is 14.2. The van der Waals surface area contributed by atoms with Crippen LogP contribution in [0, 0.1) is 13.8 Å². The van der Waals surface area contributed by atoms with Crippen LogP contribution in [0.4, 0.5) is 5.69 Å². The van der Waals surface area contributed by atoms with Crippen molar-refractivity contribution < 1.29 is 14.6 Å². The third-order valence-corrected chi connectivity index (χ3v) is 4.28. The van der Waals surface area contributed by atoms with Gasteiger partial charge in [0.15, 0.2) is 0 Å². The van der Waals surface area contributed by atoms with Crippen LogP contribution in [0.3, 0.4) is 0 Å². The second-order valence-corrected chi connectivity index (χ2v) is 6.71. The zero-order chi connectivity index (χ0) is 18.4. The molecule has 2 aromatic rings. The van der Waals surface area contributed by atoms with Gasteiger partial charge in [0.1, 0.15) is 5.75 Å². The lowest BCUT2D eigenvalue weighted by atomic mass is 10.1. The van der Waals surface area contributed by atoms with Crippen molar-refractivity contribution >= 4 is 34.9 Å². The molecule has 0 saturated heterocycles. The largest absolute Gasteiger partial charge is 0.493 e. The van der Waals surface area contributed by atoms with E-state index >= 15 is 0 Å². The molecule has 134 valence electrons. The van der Waals surface area contributed by atoms with Gasteiger partial charge in [-0.25, -0.2) is 4.79 Å². The summed E-state index contributed by atoms with van der Waals surface area (Å²) in [5.74, 6) is -0.160. The molecule has 0 radical (unpaired) electrons. The molecule has 0 unspecified atom stereocenters. The molecule has 2 aromatic carbocycles. The van der Waals surface area contributed by atoms with E-state index in [-0.39, 0.29) is 5.56 Å². The van der Waals surface area contributed by atoms with Crippen molar-refractivity contribution in [3.05, 3.63) is 57.1 Å². The molecule has 6 heteroatoms. The predicted octanol–water partition coefficient (Wildman–Crippen LogP) is 5.58. The highest BCUT2D eigenvalue weighted by Gasteiger charge is 2.14. The summed E-state index contributed by atoms with van der Waals surface area (Å²) in [6.45, 7) is 5.25. The second-order valence-electron chi connectivity index (χ2n) is 5.87. The van der Waals surface area contributed by atoms with Gasteiger partial charge in [-0.2, -0.15) is 0 Å². The predicted molar refractivity (Wildman–Crippen MR) is 103 cm³/mol. The minimum atomic E-state index is -1.06. The van der Waals surface area contributed by atoms with Gasteiger partial charge in [0, 0.05) is 11.6 Å². The molecule has 2 rings (SSSR count). The number of aromatic carboxylic acids is 1. The normalized spacial score (nSPS) is 10.6. The van der Waals surface area contributed by atoms with Crippen molar-refractivity contribution in [1.29, 1.82) is 0 Å². The number of hydrogen-bond donors (Lipinski definition) is 2. The molecular weight excluding hydrogens is 361 g/mol. The van der Waals surface area contributed by atoms with E-state index in [4.69, 9.17) is 27.9 Å². The SMILES string of the molecule is Cc1ccc(C)c(OCCCCNc2c(Cl)cc(Cl)cc2C(=O)O)c1. The third kappa shape index (κ3) is 5.55. The monoisotopic (exact) mass is 381 g/mol. The second kappa shape index (κ2) is 8.97. The van der Waals surface area contributed by atoms with Gasteiger partial charge in [-0.05, 0) is 56.0 Å². The lowest BCUT2D eigenvalue weighted by Crippen LogP contribution is -2.09. The van der Waals surface area contributed by atoms with E-state index in [0.717, 1.165) is 24.2 Å². The molecule has 25 heavy (non-hydrogen) atoms. The van der Waals surface area contributed by atoms with Crippen molar-refractivity contribution in [2.24, 2.45) is 0 Å². The van der Waals surface area contributed by atoms with E-state index < -0.39 is 5.97 Å². The first-order chi connectivity index (χ1) is 11.9. The number of ether oxygens (including phenoxy) is 1. The van der Waals surface area contributed by atoms with Crippen LogP contribution in [0.2, 0.25) is 10.0 Å². The van der Waals surface area contributed by atoms with Crippen LogP contribution in [-0.4, -0.2) is 24.2 Å². The highest BCUT2D eigenvalue weighted by molar-refractivity contribution is 6.37. The topological polar surface area (TPSA) is 58.6 Å². The first-order valence-electron chi connectivity index (χ1n) is 8.04. The van der Waals surface area contributed by atoms with Crippen LogP contribution in [-0.2, 0) is 0 Å². The maximum atomic E-state index is 11.3. The Morgan fingerprint density at radius 3 is 2.64 bits per heavy atom. The van der Waals surface area contributed by atoms with Crippen LogP contribution in [0.15, 0.2) is 30.3 Å². The highest BCUT2D eigenvalue weighted by Crippen LogP contribution is 2.30. The number of unbranched alkanes of at least 4 members (excludes halogenated alkanes) is 1. The third-order valence-electron chi connectivity index (χ3n) is 3.76. The van der Waals surface area contributed by atoms with E-state index in [2.05, 4.69) is 11.4 Å². The van der Waals surface area contributed by atoms with Gasteiger partial charge in [0.25, 0.3) is 0 Å². The number of rotatable bonds is 8. The maximum Gasteiger partial charge on any atom is 0.337 e. The summed E-state index contributed by atoms with van der Waals surface area (Å²) in [7, 11) is 0. The minimum absolute atomic E-state index is 0.0733. The van der Waals surface area contributed by atoms with Gasteiger partial charge in [0.2, 0.25) is 0 Å². The molecule has 0 aliphatic rings. The summed E-state index contributed by atoms with van der Waals surface area (Å²) in [4.78, 5) is 11.3. The van der Waals surface area contributed by atoms with E-state index in [1.165, 1.54) is 17.7 Å². The first kappa shape index (κ1) is 19.4. The summed E-state index contributed by atoms with van der Waals surface area (Å²) in [6, 6.07) is 9.05. The van der Waals surface area contributed by atoms with Crippen molar-refractivity contribution in [2.45, 2.75) is 26.7 Å². The van der Waals surface area contributed by atoms with Gasteiger partial charge in [0.05, 0.1) is 22.9 Å². The molecule has 2 N–H and O–H groups in total. The lowest BCUT2D eigenvalue weighted by Gasteiger charge is -2.13. The zero-order valence-corrected chi connectivity index (χ0v) is 15.7. The van der Waals surface area contributed by atoms with E-state index in [1.54, 1.807) is 0 Å². The number of nitrogens with one attached hydrogen (secondary N) is 1. The molecule has 0 saturated carbocycles. The molecule has 0 aromatic heterocycles. The number of carbonyl (C=O) groups is 1. The molecular formula is C19H21Cl2NO3. The molecule has 0 amide bonds. The standard InChI is InChI=1S/C19H21Cl2NO3/c1-12-5-6-13(2)17(9-12)25-8-4-3-7-22-18-15(19(23)24)10-14(20)11-16(18)21/h5-6,9-11,22H,3-4,7-8H2,1-2H3,(H,23,24). The molecule has 0 atom stereocenters. The van der Waals surface area contributed by atoms with E-state index in [1.807, 2.05) is 26.0 Å². The Labute approximate surface area is 157 Å². The molecule has 0 fully saturated rings. The van der Waals surface area contributed by atoms with Gasteiger partial charge in [-0.1, -0.05) is 35.3 Å². The smallest absolute Gasteiger partial charge is 0.337 e. The summed E-state index contributed by atoms with van der Waals surface area (Å²) < 4.78 is 5.81. The first-order valence-corrected chi connectivity index (χ1v) is 8.80.